The van der Waals surface area contributed by atoms with E-state index in [1.165, 1.54) is 11.3 Å². The number of carboxylic acid groups (broad SMARTS) is 1. The van der Waals surface area contributed by atoms with E-state index in [2.05, 4.69) is 24.3 Å². The van der Waals surface area contributed by atoms with E-state index < -0.39 is 23.2 Å². The highest BCUT2D eigenvalue weighted by molar-refractivity contribution is 7.10. The molecule has 2 aromatic carbocycles. The first-order valence-electron chi connectivity index (χ1n) is 15.0. The number of thiophene rings is 1. The van der Waals surface area contributed by atoms with E-state index in [9.17, 15) is 19.5 Å². The molecular weight excluding hydrogens is 564 g/mol. The molecule has 9 heteroatoms. The molecule has 1 aromatic heterocycles. The number of fused-ring (bicyclic) bond motifs is 3. The lowest BCUT2D eigenvalue weighted by Crippen LogP contribution is -2.58. The Morgan fingerprint density at radius 1 is 1.02 bits per heavy atom. The first-order chi connectivity index (χ1) is 20.6. The maximum Gasteiger partial charge on any atom is 0.410 e. The fraction of sp³-hybridized carbons (Fsp3) is 0.441. The summed E-state index contributed by atoms with van der Waals surface area (Å²) in [7, 11) is 0. The van der Waals surface area contributed by atoms with Crippen molar-refractivity contribution in [3.05, 3.63) is 81.5 Å². The summed E-state index contributed by atoms with van der Waals surface area (Å²) in [6.45, 7) is 6.46. The zero-order valence-electron chi connectivity index (χ0n) is 24.9. The number of nitrogens with zero attached hydrogens (tertiary/aromatic N) is 2. The molecule has 0 radical (unpaired) electrons. The summed E-state index contributed by atoms with van der Waals surface area (Å²) in [6, 6.07) is 17.8. The number of likely N-dealkylation sites (tertiary alicyclic amines) is 1. The molecule has 43 heavy (non-hydrogen) atoms. The molecule has 2 amide bonds. The third-order valence-corrected chi connectivity index (χ3v) is 9.96. The molecule has 1 N–H and O–H groups in total. The minimum atomic E-state index is -1.00. The van der Waals surface area contributed by atoms with Crippen molar-refractivity contribution in [1.82, 2.24) is 9.80 Å². The van der Waals surface area contributed by atoms with Gasteiger partial charge < -0.3 is 19.5 Å². The number of hydrogen-bond donors (Lipinski definition) is 1. The lowest BCUT2D eigenvalue weighted by molar-refractivity contribution is -0.00585. The van der Waals surface area contributed by atoms with E-state index in [1.807, 2.05) is 49.9 Å². The van der Waals surface area contributed by atoms with Gasteiger partial charge in [0.25, 0.3) is 0 Å². The van der Waals surface area contributed by atoms with E-state index in [-0.39, 0.29) is 36.8 Å². The van der Waals surface area contributed by atoms with Gasteiger partial charge in [0.05, 0.1) is 23.7 Å². The molecular formula is C34H38N2O6S. The minimum Gasteiger partial charge on any atom is -0.478 e. The number of carbonyl (C=O) groups excluding carboxylic acids is 2. The second-order valence-electron chi connectivity index (χ2n) is 12.8. The van der Waals surface area contributed by atoms with Crippen LogP contribution in [0.1, 0.15) is 85.2 Å². The Kier molecular flexibility index (Phi) is 7.71. The van der Waals surface area contributed by atoms with Gasteiger partial charge in [-0.2, -0.15) is 0 Å². The van der Waals surface area contributed by atoms with Crippen LogP contribution in [0.15, 0.2) is 60.0 Å². The maximum atomic E-state index is 14.2. The van der Waals surface area contributed by atoms with Crippen molar-refractivity contribution >= 4 is 29.5 Å². The third kappa shape index (κ3) is 5.51. The van der Waals surface area contributed by atoms with Crippen LogP contribution < -0.4 is 0 Å². The van der Waals surface area contributed by atoms with Gasteiger partial charge in [-0.3, -0.25) is 4.90 Å². The fourth-order valence-corrected chi connectivity index (χ4v) is 8.13. The van der Waals surface area contributed by atoms with Crippen molar-refractivity contribution in [3.63, 3.8) is 0 Å². The number of amides is 2. The van der Waals surface area contributed by atoms with Gasteiger partial charge in [0.2, 0.25) is 0 Å². The summed E-state index contributed by atoms with van der Waals surface area (Å²) < 4.78 is 12.0. The molecule has 1 saturated heterocycles. The van der Waals surface area contributed by atoms with Crippen molar-refractivity contribution in [2.45, 2.75) is 82.5 Å². The van der Waals surface area contributed by atoms with Crippen LogP contribution in [-0.2, 0) is 16.0 Å². The zero-order valence-corrected chi connectivity index (χ0v) is 25.7. The Hall–Kier alpha value is -3.85. The largest absolute Gasteiger partial charge is 0.478 e. The summed E-state index contributed by atoms with van der Waals surface area (Å²) in [5.74, 6) is -1.08. The molecule has 1 unspecified atom stereocenters. The average Bonchev–Trinajstić information content (AvgIpc) is 3.76. The van der Waals surface area contributed by atoms with Gasteiger partial charge in [-0.15, -0.1) is 11.3 Å². The second kappa shape index (κ2) is 11.3. The van der Waals surface area contributed by atoms with E-state index in [0.29, 0.717) is 13.0 Å². The second-order valence-corrected chi connectivity index (χ2v) is 13.8. The molecule has 3 aromatic rings. The van der Waals surface area contributed by atoms with E-state index in [0.717, 1.165) is 52.8 Å². The standard InChI is InChI=1S/C34H38N2O6S/c1-33(2,3)42-32(40)36-17-14-29(34(36)15-8-9-16-34)35(19-23-18-22(21-43-23)30(37)38)31(39)41-20-28-26-12-6-4-10-24(26)25-11-5-7-13-27(25)28/h4-7,10-13,18,21,28-29H,8-9,14-17,19-20H2,1-3H3,(H,37,38). The number of carbonyl (C=O) groups is 3. The number of carboxylic acids is 1. The summed E-state index contributed by atoms with van der Waals surface area (Å²) in [4.78, 5) is 43.6. The van der Waals surface area contributed by atoms with Crippen LogP contribution in [0.2, 0.25) is 0 Å². The Morgan fingerprint density at radius 2 is 1.65 bits per heavy atom. The first-order valence-corrected chi connectivity index (χ1v) is 15.9. The molecule has 2 heterocycles. The molecule has 1 atom stereocenters. The van der Waals surface area contributed by atoms with Crippen LogP contribution >= 0.6 is 11.3 Å². The Balaban J connectivity index is 1.29. The van der Waals surface area contributed by atoms with Crippen LogP contribution in [0.4, 0.5) is 9.59 Å². The first kappa shape index (κ1) is 29.2. The summed E-state index contributed by atoms with van der Waals surface area (Å²) >= 11 is 1.32. The van der Waals surface area contributed by atoms with Gasteiger partial charge in [-0.1, -0.05) is 61.4 Å². The zero-order chi connectivity index (χ0) is 30.4. The van der Waals surface area contributed by atoms with Gasteiger partial charge in [0, 0.05) is 22.7 Å². The number of rotatable bonds is 6. The molecule has 1 saturated carbocycles. The number of benzene rings is 2. The lowest BCUT2D eigenvalue weighted by atomic mass is 9.88. The van der Waals surface area contributed by atoms with Gasteiger partial charge >= 0.3 is 18.2 Å². The van der Waals surface area contributed by atoms with Crippen molar-refractivity contribution < 1.29 is 29.0 Å². The quantitative estimate of drug-likeness (QED) is 0.314. The highest BCUT2D eigenvalue weighted by atomic mass is 32.1. The van der Waals surface area contributed by atoms with Gasteiger partial charge in [0.1, 0.15) is 12.2 Å². The fourth-order valence-electron chi connectivity index (χ4n) is 7.27. The summed E-state index contributed by atoms with van der Waals surface area (Å²) in [6.07, 6.45) is 3.25. The number of ether oxygens (including phenoxy) is 2. The van der Waals surface area contributed by atoms with E-state index in [4.69, 9.17) is 9.47 Å². The molecule has 2 fully saturated rings. The smallest absolute Gasteiger partial charge is 0.410 e. The number of aromatic carboxylic acids is 1. The summed E-state index contributed by atoms with van der Waals surface area (Å²) in [5, 5.41) is 11.1. The van der Waals surface area contributed by atoms with Gasteiger partial charge in [0.15, 0.2) is 0 Å². The number of hydrogen-bond acceptors (Lipinski definition) is 6. The lowest BCUT2D eigenvalue weighted by Gasteiger charge is -2.43. The molecule has 6 rings (SSSR count). The maximum absolute atomic E-state index is 14.2. The van der Waals surface area contributed by atoms with Gasteiger partial charge in [-0.25, -0.2) is 14.4 Å². The SMILES string of the molecule is CC(C)(C)OC(=O)N1CCC(N(Cc2cc(C(=O)O)cs2)C(=O)OCC2c3ccccc3-c3ccccc32)C12CCCC2. The van der Waals surface area contributed by atoms with Crippen molar-refractivity contribution in [2.75, 3.05) is 13.2 Å². The monoisotopic (exact) mass is 602 g/mol. The molecule has 8 nitrogen and oxygen atoms in total. The highest BCUT2D eigenvalue weighted by Gasteiger charge is 2.56. The van der Waals surface area contributed by atoms with Crippen LogP contribution in [0.25, 0.3) is 11.1 Å². The van der Waals surface area contributed by atoms with Crippen molar-refractivity contribution in [1.29, 1.82) is 0 Å². The van der Waals surface area contributed by atoms with Crippen LogP contribution in [-0.4, -0.2) is 63.4 Å². The molecule has 1 aliphatic heterocycles. The third-order valence-electron chi connectivity index (χ3n) is 9.04. The summed E-state index contributed by atoms with van der Waals surface area (Å²) in [5.41, 5.74) is 3.60. The van der Waals surface area contributed by atoms with Gasteiger partial charge in [-0.05, 0) is 68.4 Å². The Morgan fingerprint density at radius 3 is 2.23 bits per heavy atom. The molecule has 0 bridgehead atoms. The molecule has 226 valence electrons. The minimum absolute atomic E-state index is 0.0826. The predicted octanol–water partition coefficient (Wildman–Crippen LogP) is 7.52. The Labute approximate surface area is 256 Å². The van der Waals surface area contributed by atoms with Crippen molar-refractivity contribution in [2.24, 2.45) is 0 Å². The molecule has 1 spiro atoms. The van der Waals surface area contributed by atoms with Crippen LogP contribution in [0, 0.1) is 0 Å². The average molecular weight is 603 g/mol. The molecule has 2 aliphatic carbocycles. The Bertz CT molecular complexity index is 1490. The predicted molar refractivity (Wildman–Crippen MR) is 164 cm³/mol. The topological polar surface area (TPSA) is 96.4 Å². The highest BCUT2D eigenvalue weighted by Crippen LogP contribution is 2.48. The van der Waals surface area contributed by atoms with E-state index >= 15 is 0 Å². The van der Waals surface area contributed by atoms with Crippen LogP contribution in [0.5, 0.6) is 0 Å². The van der Waals surface area contributed by atoms with E-state index in [1.54, 1.807) is 16.3 Å². The van der Waals surface area contributed by atoms with Crippen LogP contribution in [0.3, 0.4) is 0 Å². The molecule has 3 aliphatic rings. The normalized spacial score (nSPS) is 18.9. The van der Waals surface area contributed by atoms with Crippen molar-refractivity contribution in [3.8, 4) is 11.1 Å².